The minimum atomic E-state index is 0.395. The van der Waals surface area contributed by atoms with E-state index in [1.807, 2.05) is 70.1 Å². The van der Waals surface area contributed by atoms with E-state index in [0.717, 1.165) is 0 Å². The van der Waals surface area contributed by atoms with E-state index in [-0.39, 0.29) is 0 Å². The third-order valence-corrected chi connectivity index (χ3v) is 10.7. The SMILES string of the molecule is CC(C)c1cccc(C(C)C)c1-n1[c-][n+](CCOc2ccccc2OCCOCCOCCOc2ccccc2OCC[n+]2[c-]n(-c3c(C(C)C)cccc3C(C)C)cc2)cc1. The summed E-state index contributed by atoms with van der Waals surface area (Å²) in [4.78, 5) is 0. The van der Waals surface area contributed by atoms with Crippen LogP contribution in [-0.4, -0.2) is 62.0 Å². The van der Waals surface area contributed by atoms with Crippen LogP contribution in [0, 0.1) is 12.7 Å². The van der Waals surface area contributed by atoms with Crippen LogP contribution in [0.25, 0.3) is 11.4 Å². The smallest absolute Gasteiger partial charge is 0.243 e. The van der Waals surface area contributed by atoms with Crippen LogP contribution in [0.4, 0.5) is 0 Å². The van der Waals surface area contributed by atoms with Crippen molar-refractivity contribution in [3.63, 3.8) is 0 Å². The summed E-state index contributed by atoms with van der Waals surface area (Å²) < 4.78 is 44.2. The van der Waals surface area contributed by atoms with E-state index in [0.29, 0.717) is 113 Å². The van der Waals surface area contributed by atoms with Crippen molar-refractivity contribution in [2.24, 2.45) is 0 Å². The molecule has 10 nitrogen and oxygen atoms in total. The summed E-state index contributed by atoms with van der Waals surface area (Å²) in [6.07, 6.45) is 15.3. The van der Waals surface area contributed by atoms with Crippen molar-refractivity contribution >= 4 is 0 Å². The second-order valence-electron chi connectivity index (χ2n) is 16.6. The Labute approximate surface area is 369 Å². The average molecular weight is 843 g/mol. The van der Waals surface area contributed by atoms with E-state index in [2.05, 4.69) is 126 Å². The molecule has 4 aromatic carbocycles. The van der Waals surface area contributed by atoms with Crippen molar-refractivity contribution in [3.8, 4) is 34.4 Å². The molecule has 0 aliphatic rings. The zero-order valence-corrected chi connectivity index (χ0v) is 38.0. The molecule has 62 heavy (non-hydrogen) atoms. The summed E-state index contributed by atoms with van der Waals surface area (Å²) >= 11 is 0. The fraction of sp³-hybridized carbons (Fsp3) is 0.423. The number of benzene rings is 4. The van der Waals surface area contributed by atoms with Crippen LogP contribution in [0.5, 0.6) is 23.0 Å². The van der Waals surface area contributed by atoms with Gasteiger partial charge in [-0.25, -0.2) is 0 Å². The van der Waals surface area contributed by atoms with Gasteiger partial charge in [-0.3, -0.25) is 0 Å². The molecule has 6 rings (SSSR count). The third-order valence-electron chi connectivity index (χ3n) is 10.7. The van der Waals surface area contributed by atoms with Crippen LogP contribution in [0.15, 0.2) is 110 Å². The van der Waals surface area contributed by atoms with Gasteiger partial charge in [0, 0.05) is 24.8 Å². The Morgan fingerprint density at radius 3 is 1.03 bits per heavy atom. The first-order chi connectivity index (χ1) is 30.1. The maximum atomic E-state index is 6.16. The zero-order valence-electron chi connectivity index (χ0n) is 38.0. The van der Waals surface area contributed by atoms with Gasteiger partial charge in [0.1, 0.15) is 39.5 Å². The monoisotopic (exact) mass is 842 g/mol. The van der Waals surface area contributed by atoms with E-state index in [1.54, 1.807) is 0 Å². The summed E-state index contributed by atoms with van der Waals surface area (Å²) in [7, 11) is 0. The average Bonchev–Trinajstić information content (AvgIpc) is 3.95. The standard InChI is InChI=1S/C52H66N4O6/c1-39(2)43-15-13-16-44(40(3)4)51(43)55-25-23-53(37-55)27-29-59-47-19-9-11-21-49(47)61-35-33-57-31-32-58-34-36-62-50-22-12-10-20-48(50)60-30-28-54-24-26-56(38-54)52-45(41(5)6)17-14-18-46(52)42(7)8/h9-26,39-42H,27-36H2,1-8H3. The summed E-state index contributed by atoms with van der Waals surface area (Å²) in [6, 6.07) is 28.7. The lowest BCUT2D eigenvalue weighted by Crippen LogP contribution is -2.35. The van der Waals surface area contributed by atoms with Crippen LogP contribution in [0.3, 0.4) is 0 Å². The number of nitrogens with zero attached hydrogens (tertiary/aromatic N) is 4. The molecule has 0 atom stereocenters. The quantitative estimate of drug-likeness (QED) is 0.0325. The van der Waals surface area contributed by atoms with Crippen molar-refractivity contribution in [1.82, 2.24) is 9.13 Å². The van der Waals surface area contributed by atoms with Crippen molar-refractivity contribution < 1.29 is 37.6 Å². The highest BCUT2D eigenvalue weighted by Gasteiger charge is 2.17. The molecule has 0 saturated carbocycles. The highest BCUT2D eigenvalue weighted by Crippen LogP contribution is 2.32. The fourth-order valence-electron chi connectivity index (χ4n) is 7.41. The Morgan fingerprint density at radius 2 is 0.710 bits per heavy atom. The maximum Gasteiger partial charge on any atom is 0.243 e. The first kappa shape index (κ1) is 45.9. The molecule has 0 saturated heterocycles. The Balaban J connectivity index is 0.858. The molecule has 0 aliphatic carbocycles. The number of hydrogen-bond acceptors (Lipinski definition) is 6. The molecule has 0 amide bonds. The van der Waals surface area contributed by atoms with E-state index in [4.69, 9.17) is 28.4 Å². The van der Waals surface area contributed by atoms with Crippen LogP contribution >= 0.6 is 0 Å². The van der Waals surface area contributed by atoms with Gasteiger partial charge in [-0.1, -0.05) is 116 Å². The molecular formula is C52H66N4O6. The first-order valence-corrected chi connectivity index (χ1v) is 22.2. The lowest BCUT2D eigenvalue weighted by Gasteiger charge is -2.20. The predicted octanol–water partition coefficient (Wildman–Crippen LogP) is 9.59. The van der Waals surface area contributed by atoms with Crippen molar-refractivity contribution in [2.45, 2.75) is 92.2 Å². The van der Waals surface area contributed by atoms with Crippen LogP contribution in [-0.2, 0) is 22.6 Å². The number of imidazole rings is 2. The van der Waals surface area contributed by atoms with Gasteiger partial charge in [0.2, 0.25) is 12.7 Å². The van der Waals surface area contributed by atoms with Crippen molar-refractivity contribution in [3.05, 3.63) is 145 Å². The van der Waals surface area contributed by atoms with E-state index < -0.39 is 0 Å². The third kappa shape index (κ3) is 12.5. The van der Waals surface area contributed by atoms with Crippen LogP contribution in [0.1, 0.15) is 101 Å². The highest BCUT2D eigenvalue weighted by atomic mass is 16.6. The summed E-state index contributed by atoms with van der Waals surface area (Å²) in [5.41, 5.74) is 7.72. The molecule has 0 radical (unpaired) electrons. The van der Waals surface area contributed by atoms with Gasteiger partial charge in [-0.15, -0.1) is 0 Å². The zero-order chi connectivity index (χ0) is 43.8. The van der Waals surface area contributed by atoms with Gasteiger partial charge in [-0.2, -0.15) is 0 Å². The largest absolute Gasteiger partial charge is 0.487 e. The Kier molecular flexibility index (Phi) is 17.1. The molecule has 330 valence electrons. The fourth-order valence-corrected chi connectivity index (χ4v) is 7.41. The second-order valence-corrected chi connectivity index (χ2v) is 16.6. The number of rotatable bonds is 25. The number of ether oxygens (including phenoxy) is 6. The van der Waals surface area contributed by atoms with E-state index >= 15 is 0 Å². The number of para-hydroxylation sites is 6. The summed E-state index contributed by atoms with van der Waals surface area (Å²) in [5.74, 6) is 4.41. The van der Waals surface area contributed by atoms with Crippen LogP contribution < -0.4 is 28.1 Å². The van der Waals surface area contributed by atoms with Gasteiger partial charge < -0.3 is 46.7 Å². The molecule has 0 bridgehead atoms. The van der Waals surface area contributed by atoms with Crippen molar-refractivity contribution in [1.29, 1.82) is 0 Å². The molecule has 0 N–H and O–H groups in total. The van der Waals surface area contributed by atoms with Gasteiger partial charge >= 0.3 is 0 Å². The highest BCUT2D eigenvalue weighted by molar-refractivity contribution is 5.52. The predicted molar refractivity (Wildman–Crippen MR) is 242 cm³/mol. The number of hydrogen-bond donors (Lipinski definition) is 0. The molecule has 2 aromatic heterocycles. The molecule has 2 heterocycles. The van der Waals surface area contributed by atoms with Gasteiger partial charge in [0.05, 0.1) is 37.8 Å². The second kappa shape index (κ2) is 23.0. The molecule has 0 aliphatic heterocycles. The summed E-state index contributed by atoms with van der Waals surface area (Å²) in [6.45, 7) is 22.7. The Bertz CT molecular complexity index is 2060. The number of aromatic nitrogens is 4. The van der Waals surface area contributed by atoms with Crippen LogP contribution in [0.2, 0.25) is 0 Å². The minimum Gasteiger partial charge on any atom is -0.487 e. The molecule has 0 unspecified atom stereocenters. The maximum absolute atomic E-state index is 6.16. The topological polar surface area (TPSA) is 73.0 Å². The molecule has 0 fully saturated rings. The minimum absolute atomic E-state index is 0.395. The lowest BCUT2D eigenvalue weighted by atomic mass is 9.92. The van der Waals surface area contributed by atoms with E-state index in [9.17, 15) is 0 Å². The van der Waals surface area contributed by atoms with Gasteiger partial charge in [-0.05, 0) is 70.2 Å². The lowest BCUT2D eigenvalue weighted by molar-refractivity contribution is -0.700. The summed E-state index contributed by atoms with van der Waals surface area (Å²) in [5, 5.41) is 0. The first-order valence-electron chi connectivity index (χ1n) is 22.2. The normalized spacial score (nSPS) is 11.6. The molecule has 10 heteroatoms. The molecule has 6 aromatic rings. The van der Waals surface area contributed by atoms with E-state index in [1.165, 1.54) is 33.6 Å². The van der Waals surface area contributed by atoms with Crippen molar-refractivity contribution in [2.75, 3.05) is 52.9 Å². The van der Waals surface area contributed by atoms with Gasteiger partial charge in [0.15, 0.2) is 23.0 Å². The Morgan fingerprint density at radius 1 is 0.403 bits per heavy atom. The molecular weight excluding hydrogens is 777 g/mol. The van der Waals surface area contributed by atoms with Gasteiger partial charge in [0.25, 0.3) is 0 Å². The Hall–Kier alpha value is -5.58. The molecule has 0 spiro atoms.